The van der Waals surface area contributed by atoms with Gasteiger partial charge in [0.25, 0.3) is 0 Å². The lowest BCUT2D eigenvalue weighted by Gasteiger charge is -2.22. The van der Waals surface area contributed by atoms with Crippen LogP contribution >= 0.6 is 0 Å². The second kappa shape index (κ2) is 11.4. The highest BCUT2D eigenvalue weighted by Gasteiger charge is 2.23. The Morgan fingerprint density at radius 3 is 2.83 bits per heavy atom. The second-order valence-corrected chi connectivity index (χ2v) is 10.9. The molecule has 1 amide bonds. The van der Waals surface area contributed by atoms with E-state index in [1.807, 2.05) is 36.6 Å². The van der Waals surface area contributed by atoms with Gasteiger partial charge in [0.15, 0.2) is 0 Å². The smallest absolute Gasteiger partial charge is 0.227 e. The third-order valence-corrected chi connectivity index (χ3v) is 7.97. The van der Waals surface area contributed by atoms with Crippen molar-refractivity contribution >= 4 is 28.6 Å². The summed E-state index contributed by atoms with van der Waals surface area (Å²) < 4.78 is 5.27. The van der Waals surface area contributed by atoms with Gasteiger partial charge in [0.05, 0.1) is 41.5 Å². The summed E-state index contributed by atoms with van der Waals surface area (Å²) in [5, 5.41) is 15.5. The van der Waals surface area contributed by atoms with Gasteiger partial charge < -0.3 is 20.8 Å². The predicted molar refractivity (Wildman–Crippen MR) is 162 cm³/mol. The number of aromatic nitrogens is 2. The molecule has 3 aromatic rings. The van der Waals surface area contributed by atoms with E-state index in [4.69, 9.17) is 20.5 Å². The number of anilines is 2. The van der Waals surface area contributed by atoms with Gasteiger partial charge in [-0.15, -0.1) is 0 Å². The van der Waals surface area contributed by atoms with Crippen LogP contribution in [-0.4, -0.2) is 21.6 Å². The van der Waals surface area contributed by atoms with Crippen molar-refractivity contribution in [1.29, 1.82) is 5.41 Å². The molecule has 0 saturated heterocycles. The number of amides is 1. The largest absolute Gasteiger partial charge is 0.472 e. The number of nitrogens with zero attached hydrogens (tertiary/aromatic N) is 2. The lowest BCUT2D eigenvalue weighted by Crippen LogP contribution is -2.31. The minimum atomic E-state index is 0.0697. The van der Waals surface area contributed by atoms with Crippen LogP contribution in [0.5, 0.6) is 0 Å². The molecule has 8 nitrogen and oxygen atoms in total. The fraction of sp³-hybridized carbons (Fsp3) is 0.273. The average Bonchev–Trinajstić information content (AvgIpc) is 3.47. The van der Waals surface area contributed by atoms with Crippen molar-refractivity contribution in [2.45, 2.75) is 45.4 Å². The lowest BCUT2D eigenvalue weighted by molar-refractivity contribution is -0.125. The van der Waals surface area contributed by atoms with Crippen molar-refractivity contribution in [3.63, 3.8) is 0 Å². The second-order valence-electron chi connectivity index (χ2n) is 10.9. The first-order chi connectivity index (χ1) is 20.0. The van der Waals surface area contributed by atoms with E-state index in [0.717, 1.165) is 59.3 Å². The number of carbonyl (C=O) groups excluding carboxylic acids is 1. The number of hydrogen-bond donors (Lipinski definition) is 4. The van der Waals surface area contributed by atoms with Crippen molar-refractivity contribution in [1.82, 2.24) is 15.3 Å². The Kier molecular flexibility index (Phi) is 7.37. The summed E-state index contributed by atoms with van der Waals surface area (Å²) in [5.41, 5.74) is 14.2. The van der Waals surface area contributed by atoms with E-state index in [-0.39, 0.29) is 23.5 Å². The minimum Gasteiger partial charge on any atom is -0.472 e. The average molecular weight is 547 g/mol. The topological polar surface area (TPSA) is 130 Å². The summed E-state index contributed by atoms with van der Waals surface area (Å²) in [6.45, 7) is 2.09. The van der Waals surface area contributed by atoms with Crippen LogP contribution in [0, 0.1) is 17.2 Å². The van der Waals surface area contributed by atoms with Crippen molar-refractivity contribution in [2.24, 2.45) is 11.8 Å². The molecular weight excluding hydrogens is 512 g/mol. The Morgan fingerprint density at radius 1 is 1.17 bits per heavy atom. The molecule has 8 heteroatoms. The standard InChI is InChI=1S/C33H34N6O2/c1-20-7-8-24(37-33(40)21-5-3-2-4-6-21)16-23(15-20)28-12-10-27(34)32(39-28)31(35)29-11-9-25-26(22-13-14-41-19-22)17-36-18-30(25)38-29/h7-8,10-21,35,38H,2-6,9,34H2,1H3,(H,37,40)/t20-/m0/s1. The van der Waals surface area contributed by atoms with Gasteiger partial charge in [0.1, 0.15) is 11.4 Å². The Labute approximate surface area is 239 Å². The van der Waals surface area contributed by atoms with E-state index >= 15 is 0 Å². The summed E-state index contributed by atoms with van der Waals surface area (Å²) in [4.78, 5) is 22.2. The zero-order chi connectivity index (χ0) is 28.3. The summed E-state index contributed by atoms with van der Waals surface area (Å²) in [6, 6.07) is 5.57. The monoisotopic (exact) mass is 546 g/mol. The summed E-state index contributed by atoms with van der Waals surface area (Å²) >= 11 is 0. The summed E-state index contributed by atoms with van der Waals surface area (Å²) in [7, 11) is 0. The Morgan fingerprint density at radius 2 is 2.02 bits per heavy atom. The minimum absolute atomic E-state index is 0.0697. The quantitative estimate of drug-likeness (QED) is 0.264. The van der Waals surface area contributed by atoms with Gasteiger partial charge in [-0.3, -0.25) is 15.2 Å². The highest BCUT2D eigenvalue weighted by atomic mass is 16.3. The number of hydrogen-bond acceptors (Lipinski definition) is 7. The third-order valence-electron chi connectivity index (χ3n) is 7.97. The van der Waals surface area contributed by atoms with Crippen molar-refractivity contribution in [3.05, 3.63) is 102 Å². The molecule has 1 fully saturated rings. The molecule has 3 aliphatic rings. The zero-order valence-electron chi connectivity index (χ0n) is 23.1. The summed E-state index contributed by atoms with van der Waals surface area (Å²) in [6.07, 6.45) is 23.0. The molecule has 0 unspecified atom stereocenters. The van der Waals surface area contributed by atoms with Crippen LogP contribution in [0.3, 0.4) is 0 Å². The van der Waals surface area contributed by atoms with Gasteiger partial charge in [-0.1, -0.05) is 44.4 Å². The van der Waals surface area contributed by atoms with E-state index < -0.39 is 0 Å². The number of allylic oxidation sites excluding steroid dienone is 7. The van der Waals surface area contributed by atoms with Gasteiger partial charge in [0, 0.05) is 28.9 Å². The first-order valence-electron chi connectivity index (χ1n) is 14.2. The number of pyridine rings is 2. The molecule has 1 atom stereocenters. The van der Waals surface area contributed by atoms with Crippen LogP contribution in [0.1, 0.15) is 56.0 Å². The maximum atomic E-state index is 13.0. The molecule has 3 aromatic heterocycles. The summed E-state index contributed by atoms with van der Waals surface area (Å²) in [5.74, 6) is 0.298. The van der Waals surface area contributed by atoms with E-state index in [9.17, 15) is 4.79 Å². The zero-order valence-corrected chi connectivity index (χ0v) is 23.1. The number of nitrogens with one attached hydrogen (secondary N) is 3. The molecule has 1 saturated carbocycles. The number of furan rings is 1. The highest BCUT2D eigenvalue weighted by Crippen LogP contribution is 2.34. The fourth-order valence-electron chi connectivity index (χ4n) is 5.71. The highest BCUT2D eigenvalue weighted by molar-refractivity contribution is 6.14. The van der Waals surface area contributed by atoms with Gasteiger partial charge in [0.2, 0.25) is 5.91 Å². The maximum Gasteiger partial charge on any atom is 0.227 e. The number of nitrogens with two attached hydrogens (primary N) is 1. The first kappa shape index (κ1) is 26.5. The fourth-order valence-corrected chi connectivity index (χ4v) is 5.71. The van der Waals surface area contributed by atoms with E-state index in [1.54, 1.807) is 24.8 Å². The molecule has 2 aliphatic carbocycles. The van der Waals surface area contributed by atoms with E-state index in [1.165, 1.54) is 6.42 Å². The van der Waals surface area contributed by atoms with Crippen LogP contribution in [0.2, 0.25) is 0 Å². The number of fused-ring (bicyclic) bond motifs is 1. The Bertz CT molecular complexity index is 1610. The SMILES string of the molecule is C[C@H]1C=CC(NC(=O)C2CCCCC2)=CC(c2ccc(N)c(C(=N)C3=CCc4c(cncc4-c4ccoc4)N3)n2)=C1. The Hall–Kier alpha value is -4.72. The molecule has 41 heavy (non-hydrogen) atoms. The molecule has 208 valence electrons. The van der Waals surface area contributed by atoms with E-state index in [0.29, 0.717) is 29.2 Å². The number of carbonyl (C=O) groups is 1. The lowest BCUT2D eigenvalue weighted by atomic mass is 9.88. The number of nitrogen functional groups attached to an aromatic ring is 1. The van der Waals surface area contributed by atoms with Crippen LogP contribution in [0.15, 0.2) is 89.3 Å². The number of rotatable bonds is 6. The van der Waals surface area contributed by atoms with Crippen LogP contribution in [-0.2, 0) is 11.2 Å². The van der Waals surface area contributed by atoms with Crippen LogP contribution < -0.4 is 16.4 Å². The predicted octanol–water partition coefficient (Wildman–Crippen LogP) is 6.41. The van der Waals surface area contributed by atoms with Crippen LogP contribution in [0.4, 0.5) is 11.4 Å². The first-order valence-corrected chi connectivity index (χ1v) is 14.2. The Balaban J connectivity index is 1.25. The molecular formula is C33H34N6O2. The van der Waals surface area contributed by atoms with Crippen LogP contribution in [0.25, 0.3) is 16.7 Å². The van der Waals surface area contributed by atoms with E-state index in [2.05, 4.69) is 34.7 Å². The van der Waals surface area contributed by atoms with Crippen molar-refractivity contribution in [2.75, 3.05) is 11.1 Å². The van der Waals surface area contributed by atoms with Gasteiger partial charge in [-0.05, 0) is 66.7 Å². The molecule has 1 aliphatic heterocycles. The normalized spacial score (nSPS) is 18.8. The molecule has 0 bridgehead atoms. The van der Waals surface area contributed by atoms with Gasteiger partial charge in [-0.25, -0.2) is 4.98 Å². The molecule has 4 heterocycles. The maximum absolute atomic E-state index is 13.0. The van der Waals surface area contributed by atoms with Crippen molar-refractivity contribution < 1.29 is 9.21 Å². The molecule has 0 aromatic carbocycles. The van der Waals surface area contributed by atoms with Gasteiger partial charge in [-0.2, -0.15) is 0 Å². The van der Waals surface area contributed by atoms with Crippen molar-refractivity contribution in [3.8, 4) is 11.1 Å². The third kappa shape index (κ3) is 5.63. The molecule has 5 N–H and O–H groups in total. The molecule has 6 rings (SSSR count). The van der Waals surface area contributed by atoms with Gasteiger partial charge >= 0.3 is 0 Å². The molecule has 0 radical (unpaired) electrons. The molecule has 0 spiro atoms.